The van der Waals surface area contributed by atoms with Crippen LogP contribution in [0.15, 0.2) is 30.3 Å². The molecule has 0 bridgehead atoms. The molecular weight excluding hydrogens is 280 g/mol. The summed E-state index contributed by atoms with van der Waals surface area (Å²) in [5.74, 6) is 4.97. The first-order valence-electron chi connectivity index (χ1n) is 7.25. The summed E-state index contributed by atoms with van der Waals surface area (Å²) in [7, 11) is 0. The molecule has 7 nitrogen and oxygen atoms in total. The van der Waals surface area contributed by atoms with Gasteiger partial charge in [0.2, 0.25) is 0 Å². The van der Waals surface area contributed by atoms with Gasteiger partial charge >= 0.3 is 0 Å². The van der Waals surface area contributed by atoms with E-state index in [0.717, 1.165) is 22.6 Å². The standard InChI is InChI=1S/C15H20N6O/c1-9-14(12-8-13(19-18-12)15(22)17-16)10(2)21(20-9)11-6-4-3-5-7-11/h3-7,12-13,18-19H,8,16H2,1-2H3,(H,17,22). The van der Waals surface area contributed by atoms with E-state index >= 15 is 0 Å². The number of carbonyl (C=O) groups excluding carboxylic acids is 1. The molecule has 1 fully saturated rings. The second kappa shape index (κ2) is 5.88. The number of para-hydroxylation sites is 1. The van der Waals surface area contributed by atoms with Crippen LogP contribution in [0, 0.1) is 13.8 Å². The van der Waals surface area contributed by atoms with E-state index < -0.39 is 0 Å². The van der Waals surface area contributed by atoms with Crippen LogP contribution in [0.5, 0.6) is 0 Å². The van der Waals surface area contributed by atoms with Gasteiger partial charge in [-0.2, -0.15) is 5.10 Å². The highest BCUT2D eigenvalue weighted by Gasteiger charge is 2.33. The first kappa shape index (κ1) is 14.7. The summed E-state index contributed by atoms with van der Waals surface area (Å²) in [5.41, 5.74) is 12.5. The predicted octanol–water partition coefficient (Wildman–Crippen LogP) is 0.387. The maximum atomic E-state index is 11.6. The fourth-order valence-electron chi connectivity index (χ4n) is 3.00. The minimum absolute atomic E-state index is 0.0276. The molecule has 2 heterocycles. The largest absolute Gasteiger partial charge is 0.293 e. The Balaban J connectivity index is 1.90. The Hall–Kier alpha value is -2.22. The molecular formula is C15H20N6O. The number of benzene rings is 1. The molecule has 2 unspecified atom stereocenters. The number of aryl methyl sites for hydroxylation is 1. The highest BCUT2D eigenvalue weighted by molar-refractivity contribution is 5.81. The number of amides is 1. The fraction of sp³-hybridized carbons (Fsp3) is 0.333. The van der Waals surface area contributed by atoms with Crippen molar-refractivity contribution in [3.63, 3.8) is 0 Å². The van der Waals surface area contributed by atoms with Gasteiger partial charge in [0.1, 0.15) is 6.04 Å². The zero-order chi connectivity index (χ0) is 15.7. The Labute approximate surface area is 128 Å². The summed E-state index contributed by atoms with van der Waals surface area (Å²) < 4.78 is 1.93. The van der Waals surface area contributed by atoms with Crippen LogP contribution in [0.1, 0.15) is 29.4 Å². The second-order valence-electron chi connectivity index (χ2n) is 5.47. The lowest BCUT2D eigenvalue weighted by Crippen LogP contribution is -2.45. The van der Waals surface area contributed by atoms with Crippen LogP contribution in [-0.4, -0.2) is 21.7 Å². The molecule has 1 aromatic heterocycles. The zero-order valence-electron chi connectivity index (χ0n) is 12.6. The second-order valence-corrected chi connectivity index (χ2v) is 5.47. The van der Waals surface area contributed by atoms with Gasteiger partial charge in [0, 0.05) is 11.3 Å². The summed E-state index contributed by atoms with van der Waals surface area (Å²) in [4.78, 5) is 11.6. The number of hydrogen-bond acceptors (Lipinski definition) is 5. The molecule has 3 rings (SSSR count). The molecule has 0 aliphatic carbocycles. The lowest BCUT2D eigenvalue weighted by atomic mass is 10.00. The van der Waals surface area contributed by atoms with E-state index in [1.165, 1.54) is 0 Å². The summed E-state index contributed by atoms with van der Waals surface area (Å²) in [5, 5.41) is 4.64. The average molecular weight is 300 g/mol. The van der Waals surface area contributed by atoms with Crippen LogP contribution < -0.4 is 22.1 Å². The summed E-state index contributed by atoms with van der Waals surface area (Å²) in [6, 6.07) is 9.69. The molecule has 22 heavy (non-hydrogen) atoms. The minimum atomic E-state index is -0.339. The maximum Gasteiger partial charge on any atom is 0.252 e. The number of carbonyl (C=O) groups is 1. The smallest absolute Gasteiger partial charge is 0.252 e. The summed E-state index contributed by atoms with van der Waals surface area (Å²) in [6.45, 7) is 4.03. The van der Waals surface area contributed by atoms with Crippen molar-refractivity contribution < 1.29 is 4.79 Å². The van der Waals surface area contributed by atoms with E-state index in [1.54, 1.807) is 0 Å². The predicted molar refractivity (Wildman–Crippen MR) is 82.8 cm³/mol. The Morgan fingerprint density at radius 2 is 2.05 bits per heavy atom. The van der Waals surface area contributed by atoms with Gasteiger partial charge in [-0.3, -0.25) is 10.2 Å². The van der Waals surface area contributed by atoms with Crippen molar-refractivity contribution >= 4 is 5.91 Å². The monoisotopic (exact) mass is 300 g/mol. The van der Waals surface area contributed by atoms with E-state index in [4.69, 9.17) is 5.84 Å². The number of rotatable bonds is 3. The van der Waals surface area contributed by atoms with Crippen LogP contribution in [0.4, 0.5) is 0 Å². The van der Waals surface area contributed by atoms with Crippen molar-refractivity contribution in [1.29, 1.82) is 0 Å². The van der Waals surface area contributed by atoms with E-state index in [2.05, 4.69) is 21.4 Å². The third-order valence-electron chi connectivity index (χ3n) is 4.06. The van der Waals surface area contributed by atoms with Gasteiger partial charge in [-0.15, -0.1) is 0 Å². The molecule has 5 N–H and O–H groups in total. The van der Waals surface area contributed by atoms with Crippen LogP contribution in [0.2, 0.25) is 0 Å². The summed E-state index contributed by atoms with van der Waals surface area (Å²) >= 11 is 0. The molecule has 0 spiro atoms. The normalized spacial score (nSPS) is 21.0. The molecule has 116 valence electrons. The highest BCUT2D eigenvalue weighted by atomic mass is 16.2. The zero-order valence-corrected chi connectivity index (χ0v) is 12.6. The van der Waals surface area contributed by atoms with Gasteiger partial charge < -0.3 is 0 Å². The minimum Gasteiger partial charge on any atom is -0.293 e. The summed E-state index contributed by atoms with van der Waals surface area (Å²) in [6.07, 6.45) is 0.630. The van der Waals surface area contributed by atoms with Gasteiger partial charge in [0.05, 0.1) is 17.4 Å². The molecule has 1 aromatic carbocycles. The molecule has 0 saturated carbocycles. The van der Waals surface area contributed by atoms with E-state index in [9.17, 15) is 4.79 Å². The van der Waals surface area contributed by atoms with Crippen molar-refractivity contribution in [2.45, 2.75) is 32.4 Å². The highest BCUT2D eigenvalue weighted by Crippen LogP contribution is 2.29. The first-order chi connectivity index (χ1) is 10.6. The first-order valence-corrected chi connectivity index (χ1v) is 7.25. The molecule has 1 aliphatic heterocycles. The Morgan fingerprint density at radius 3 is 2.73 bits per heavy atom. The van der Waals surface area contributed by atoms with Gasteiger partial charge in [0.25, 0.3) is 5.91 Å². The van der Waals surface area contributed by atoms with Crippen molar-refractivity contribution in [2.24, 2.45) is 5.84 Å². The molecule has 1 aliphatic rings. The topological polar surface area (TPSA) is 97.0 Å². The Bertz CT molecular complexity index is 681. The maximum absolute atomic E-state index is 11.6. The number of nitrogens with one attached hydrogen (secondary N) is 3. The van der Waals surface area contributed by atoms with E-state index in [-0.39, 0.29) is 18.0 Å². The van der Waals surface area contributed by atoms with Crippen molar-refractivity contribution in [1.82, 2.24) is 26.1 Å². The molecule has 7 heteroatoms. The molecule has 2 aromatic rings. The van der Waals surface area contributed by atoms with Crippen molar-refractivity contribution in [3.05, 3.63) is 47.3 Å². The van der Waals surface area contributed by atoms with Gasteiger partial charge in [-0.25, -0.2) is 21.4 Å². The SMILES string of the molecule is Cc1nn(-c2ccccc2)c(C)c1C1CC(C(=O)NN)NN1. The molecule has 1 amide bonds. The number of hydrogen-bond donors (Lipinski definition) is 4. The van der Waals surface area contributed by atoms with E-state index in [1.807, 2.05) is 48.9 Å². The molecule has 0 radical (unpaired) electrons. The number of nitrogens with two attached hydrogens (primary N) is 1. The Kier molecular flexibility index (Phi) is 3.93. The van der Waals surface area contributed by atoms with Gasteiger partial charge in [-0.1, -0.05) is 18.2 Å². The Morgan fingerprint density at radius 1 is 1.32 bits per heavy atom. The van der Waals surface area contributed by atoms with E-state index in [0.29, 0.717) is 6.42 Å². The third kappa shape index (κ3) is 2.50. The fourth-order valence-corrected chi connectivity index (χ4v) is 3.00. The van der Waals surface area contributed by atoms with Crippen LogP contribution in [0.25, 0.3) is 5.69 Å². The molecule has 2 atom stereocenters. The van der Waals surface area contributed by atoms with Crippen LogP contribution in [0.3, 0.4) is 0 Å². The van der Waals surface area contributed by atoms with Crippen LogP contribution in [-0.2, 0) is 4.79 Å². The van der Waals surface area contributed by atoms with Crippen LogP contribution >= 0.6 is 0 Å². The quantitative estimate of drug-likeness (QED) is 0.373. The van der Waals surface area contributed by atoms with Gasteiger partial charge in [0.15, 0.2) is 0 Å². The van der Waals surface area contributed by atoms with Crippen molar-refractivity contribution in [3.8, 4) is 5.69 Å². The van der Waals surface area contributed by atoms with Crippen molar-refractivity contribution in [2.75, 3.05) is 0 Å². The third-order valence-corrected chi connectivity index (χ3v) is 4.06. The average Bonchev–Trinajstić information content (AvgIpc) is 3.12. The van der Waals surface area contributed by atoms with Gasteiger partial charge in [-0.05, 0) is 32.4 Å². The lowest BCUT2D eigenvalue weighted by Gasteiger charge is -2.11. The molecule has 1 saturated heterocycles. The number of hydrazine groups is 2. The number of aromatic nitrogens is 2. The lowest BCUT2D eigenvalue weighted by molar-refractivity contribution is -0.122. The number of nitrogens with zero attached hydrogens (tertiary/aromatic N) is 2.